The van der Waals surface area contributed by atoms with E-state index in [0.717, 1.165) is 5.56 Å². The molecule has 1 aliphatic rings. The number of carbonyl (C=O) groups is 2. The molecule has 5 heteroatoms. The van der Waals surface area contributed by atoms with Gasteiger partial charge in [-0.05, 0) is 17.7 Å². The topological polar surface area (TPSA) is 55.4 Å². The van der Waals surface area contributed by atoms with E-state index in [1.807, 2.05) is 30.3 Å². The molecule has 1 N–H and O–H groups in total. The van der Waals surface area contributed by atoms with E-state index in [9.17, 15) is 9.59 Å². The maximum Gasteiger partial charge on any atom is 0.437 e. The van der Waals surface area contributed by atoms with Crippen molar-refractivity contribution >= 4 is 18.1 Å². The molecule has 0 saturated carbocycles. The molecule has 0 radical (unpaired) electrons. The zero-order valence-corrected chi connectivity index (χ0v) is 11.8. The first kappa shape index (κ1) is 14.0. The summed E-state index contributed by atoms with van der Waals surface area (Å²) < 4.78 is 5.20. The first-order valence-electron chi connectivity index (χ1n) is 6.85. The van der Waals surface area contributed by atoms with Crippen LogP contribution in [-0.2, 0) is 11.4 Å². The molecule has 110 valence electrons. The SMILES string of the molecule is O=C[N+]1(c2ccc(OCc3ccccc3)cc2)C=CNC1=O. The quantitative estimate of drug-likeness (QED) is 0.681. The minimum atomic E-state index is -0.487. The Hall–Kier alpha value is -2.92. The number of urea groups is 1. The van der Waals surface area contributed by atoms with E-state index in [-0.39, 0.29) is 0 Å². The molecule has 3 amide bonds. The third kappa shape index (κ3) is 2.49. The lowest BCUT2D eigenvalue weighted by molar-refractivity contribution is -0.113. The number of hydrogen-bond donors (Lipinski definition) is 1. The third-order valence-corrected chi connectivity index (χ3v) is 3.53. The van der Waals surface area contributed by atoms with E-state index in [1.54, 1.807) is 24.3 Å². The molecular formula is C17H15N2O3+. The van der Waals surface area contributed by atoms with Crippen molar-refractivity contribution in [1.82, 2.24) is 9.80 Å². The van der Waals surface area contributed by atoms with Crippen molar-refractivity contribution in [2.75, 3.05) is 0 Å². The molecule has 0 aliphatic carbocycles. The smallest absolute Gasteiger partial charge is 0.437 e. The number of nitrogens with one attached hydrogen (secondary N) is 1. The summed E-state index contributed by atoms with van der Waals surface area (Å²) in [5.41, 5.74) is 1.64. The molecule has 0 bridgehead atoms. The van der Waals surface area contributed by atoms with Gasteiger partial charge in [0, 0.05) is 12.1 Å². The molecule has 0 fully saturated rings. The second-order valence-electron chi connectivity index (χ2n) is 4.92. The standard InChI is InChI=1S/C17H14N2O3/c20-13-19(11-10-18-17(19)21)15-6-8-16(9-7-15)22-12-14-4-2-1-3-5-14/h1-11,13H,12H2/p+1. The Balaban J connectivity index is 1.74. The lowest BCUT2D eigenvalue weighted by Crippen LogP contribution is -2.48. The fraction of sp³-hybridized carbons (Fsp3) is 0.0588. The van der Waals surface area contributed by atoms with Crippen LogP contribution in [0.3, 0.4) is 0 Å². The highest BCUT2D eigenvalue weighted by Gasteiger charge is 2.41. The summed E-state index contributed by atoms with van der Waals surface area (Å²) >= 11 is 0. The molecule has 3 rings (SSSR count). The largest absolute Gasteiger partial charge is 0.489 e. The second-order valence-corrected chi connectivity index (χ2v) is 4.92. The molecule has 1 unspecified atom stereocenters. The van der Waals surface area contributed by atoms with E-state index in [2.05, 4.69) is 5.32 Å². The number of amides is 3. The van der Waals surface area contributed by atoms with Crippen molar-refractivity contribution in [1.29, 1.82) is 0 Å². The van der Waals surface area contributed by atoms with Crippen LogP contribution in [0.2, 0.25) is 0 Å². The highest BCUT2D eigenvalue weighted by molar-refractivity contribution is 6.03. The van der Waals surface area contributed by atoms with Gasteiger partial charge in [0.05, 0.1) is 6.20 Å². The second kappa shape index (κ2) is 5.83. The van der Waals surface area contributed by atoms with Crippen LogP contribution in [0.15, 0.2) is 67.0 Å². The predicted molar refractivity (Wildman–Crippen MR) is 82.7 cm³/mol. The molecule has 0 saturated heterocycles. The Bertz CT molecular complexity index is 710. The first-order valence-corrected chi connectivity index (χ1v) is 6.85. The van der Waals surface area contributed by atoms with Crippen LogP contribution in [0.4, 0.5) is 10.5 Å². The van der Waals surface area contributed by atoms with Crippen molar-refractivity contribution in [3.63, 3.8) is 0 Å². The number of carbonyl (C=O) groups excluding carboxylic acids is 2. The lowest BCUT2D eigenvalue weighted by atomic mass is 10.2. The highest BCUT2D eigenvalue weighted by atomic mass is 16.5. The Kier molecular flexibility index (Phi) is 3.72. The summed E-state index contributed by atoms with van der Waals surface area (Å²) in [6.07, 6.45) is 3.57. The Morgan fingerprint density at radius 1 is 1.05 bits per heavy atom. The van der Waals surface area contributed by atoms with Gasteiger partial charge in [-0.25, -0.2) is 9.59 Å². The summed E-state index contributed by atoms with van der Waals surface area (Å²) in [7, 11) is 0. The zero-order valence-electron chi connectivity index (χ0n) is 11.8. The third-order valence-electron chi connectivity index (χ3n) is 3.53. The van der Waals surface area contributed by atoms with Gasteiger partial charge in [-0.2, -0.15) is 0 Å². The summed E-state index contributed by atoms with van der Waals surface area (Å²) in [5.74, 6) is 0.681. The summed E-state index contributed by atoms with van der Waals surface area (Å²) in [6.45, 7) is 0.467. The van der Waals surface area contributed by atoms with Gasteiger partial charge in [0.1, 0.15) is 18.6 Å². The molecule has 5 nitrogen and oxygen atoms in total. The Labute approximate surface area is 128 Å². The monoisotopic (exact) mass is 295 g/mol. The summed E-state index contributed by atoms with van der Waals surface area (Å²) in [4.78, 5) is 23.2. The molecule has 2 aromatic rings. The summed E-state index contributed by atoms with van der Waals surface area (Å²) in [5, 5.41) is 2.51. The first-order chi connectivity index (χ1) is 10.7. The van der Waals surface area contributed by atoms with Gasteiger partial charge in [0.25, 0.3) is 0 Å². The maximum absolute atomic E-state index is 11.9. The lowest BCUT2D eigenvalue weighted by Gasteiger charge is -2.19. The molecule has 2 aromatic carbocycles. The zero-order chi connectivity index (χ0) is 15.4. The van der Waals surface area contributed by atoms with E-state index < -0.39 is 10.5 Å². The predicted octanol–water partition coefficient (Wildman–Crippen LogP) is 2.92. The Morgan fingerprint density at radius 3 is 2.36 bits per heavy atom. The van der Waals surface area contributed by atoms with E-state index >= 15 is 0 Å². The van der Waals surface area contributed by atoms with Crippen molar-refractivity contribution in [3.05, 3.63) is 72.6 Å². The normalized spacial score (nSPS) is 19.7. The van der Waals surface area contributed by atoms with Crippen molar-refractivity contribution in [2.45, 2.75) is 6.61 Å². The van der Waals surface area contributed by atoms with Crippen molar-refractivity contribution in [2.24, 2.45) is 0 Å². The van der Waals surface area contributed by atoms with Gasteiger partial charge in [0.2, 0.25) is 0 Å². The van der Waals surface area contributed by atoms with Gasteiger partial charge in [-0.3, -0.25) is 5.32 Å². The van der Waals surface area contributed by atoms with Gasteiger partial charge in [0.15, 0.2) is 5.69 Å². The fourth-order valence-electron chi connectivity index (χ4n) is 2.28. The van der Waals surface area contributed by atoms with E-state index in [1.165, 1.54) is 12.4 Å². The number of imide groups is 1. The van der Waals surface area contributed by atoms with Crippen molar-refractivity contribution < 1.29 is 14.3 Å². The van der Waals surface area contributed by atoms with Crippen molar-refractivity contribution in [3.8, 4) is 5.75 Å². The number of nitrogens with zero attached hydrogens (tertiary/aromatic N) is 1. The number of rotatable bonds is 5. The number of ether oxygens (including phenoxy) is 1. The van der Waals surface area contributed by atoms with E-state index in [0.29, 0.717) is 24.5 Å². The summed E-state index contributed by atoms with van der Waals surface area (Å²) in [6, 6.07) is 16.4. The average Bonchev–Trinajstić information content (AvgIpc) is 2.96. The van der Waals surface area contributed by atoms with Gasteiger partial charge >= 0.3 is 12.4 Å². The van der Waals surface area contributed by atoms with Gasteiger partial charge in [-0.1, -0.05) is 30.3 Å². The van der Waals surface area contributed by atoms with E-state index in [4.69, 9.17) is 4.74 Å². The van der Waals surface area contributed by atoms with Gasteiger partial charge in [-0.15, -0.1) is 4.48 Å². The molecule has 0 aromatic heterocycles. The molecular weight excluding hydrogens is 280 g/mol. The maximum atomic E-state index is 11.9. The molecule has 1 atom stereocenters. The van der Waals surface area contributed by atoms with Crippen LogP contribution < -0.4 is 14.5 Å². The van der Waals surface area contributed by atoms with Crippen LogP contribution in [0, 0.1) is 0 Å². The van der Waals surface area contributed by atoms with Crippen LogP contribution in [0.5, 0.6) is 5.75 Å². The van der Waals surface area contributed by atoms with Crippen LogP contribution in [-0.4, -0.2) is 12.4 Å². The Morgan fingerprint density at radius 2 is 1.77 bits per heavy atom. The molecule has 1 heterocycles. The molecule has 0 spiro atoms. The minimum Gasteiger partial charge on any atom is -0.489 e. The molecule has 1 aliphatic heterocycles. The molecule has 22 heavy (non-hydrogen) atoms. The van der Waals surface area contributed by atoms with Crippen LogP contribution in [0.25, 0.3) is 0 Å². The van der Waals surface area contributed by atoms with Gasteiger partial charge < -0.3 is 4.74 Å². The number of hydrogen-bond acceptors (Lipinski definition) is 3. The average molecular weight is 295 g/mol. The fourth-order valence-corrected chi connectivity index (χ4v) is 2.28. The van der Waals surface area contributed by atoms with Crippen LogP contribution >= 0.6 is 0 Å². The van der Waals surface area contributed by atoms with Crippen LogP contribution in [0.1, 0.15) is 5.56 Å². The minimum absolute atomic E-state index is 0.395. The number of benzene rings is 2. The highest BCUT2D eigenvalue weighted by Crippen LogP contribution is 2.27. The number of quaternary nitrogens is 1.